The van der Waals surface area contributed by atoms with E-state index in [-0.39, 0.29) is 5.91 Å². The second-order valence-corrected chi connectivity index (χ2v) is 4.57. The van der Waals surface area contributed by atoms with E-state index in [0.29, 0.717) is 18.0 Å². The first-order valence-electron chi connectivity index (χ1n) is 5.49. The number of nitrogens with one attached hydrogen (secondary N) is 1. The van der Waals surface area contributed by atoms with Gasteiger partial charge in [-0.2, -0.15) is 11.8 Å². The van der Waals surface area contributed by atoms with Gasteiger partial charge in [-0.25, -0.2) is 0 Å². The van der Waals surface area contributed by atoms with Gasteiger partial charge in [0.15, 0.2) is 0 Å². The van der Waals surface area contributed by atoms with Crippen LogP contribution in [0.1, 0.15) is 6.42 Å². The molecule has 0 unspecified atom stereocenters. The zero-order valence-electron chi connectivity index (χ0n) is 9.94. The number of hydrogen-bond acceptors (Lipinski definition) is 4. The van der Waals surface area contributed by atoms with Crippen LogP contribution in [0.25, 0.3) is 0 Å². The molecule has 0 atom stereocenters. The molecule has 0 bridgehead atoms. The number of hydrogen-bond donors (Lipinski definition) is 2. The Morgan fingerprint density at radius 3 is 2.94 bits per heavy atom. The van der Waals surface area contributed by atoms with Gasteiger partial charge in [-0.05, 0) is 24.3 Å². The highest BCUT2D eigenvalue weighted by molar-refractivity contribution is 7.99. The van der Waals surface area contributed by atoms with E-state index >= 15 is 0 Å². The second-order valence-electron chi connectivity index (χ2n) is 3.47. The van der Waals surface area contributed by atoms with Crippen LogP contribution < -0.4 is 15.8 Å². The molecule has 94 valence electrons. The van der Waals surface area contributed by atoms with Crippen LogP contribution >= 0.6 is 11.8 Å². The monoisotopic (exact) mass is 254 g/mol. The van der Waals surface area contributed by atoms with E-state index in [4.69, 9.17) is 10.5 Å². The van der Waals surface area contributed by atoms with Crippen molar-refractivity contribution in [1.82, 2.24) is 5.32 Å². The first-order valence-corrected chi connectivity index (χ1v) is 6.65. The van der Waals surface area contributed by atoms with Gasteiger partial charge in [-0.15, -0.1) is 0 Å². The summed E-state index contributed by atoms with van der Waals surface area (Å²) in [5, 5.41) is 2.58. The highest BCUT2D eigenvalue weighted by Crippen LogP contribution is 2.19. The van der Waals surface area contributed by atoms with Gasteiger partial charge in [-0.1, -0.05) is 12.1 Å². The van der Waals surface area contributed by atoms with E-state index in [1.807, 2.05) is 24.3 Å². The van der Waals surface area contributed by atoms with Gasteiger partial charge in [0, 0.05) is 7.05 Å². The van der Waals surface area contributed by atoms with Crippen LogP contribution in [0.2, 0.25) is 0 Å². The van der Waals surface area contributed by atoms with Gasteiger partial charge in [0.25, 0.3) is 0 Å². The van der Waals surface area contributed by atoms with Crippen LogP contribution in [-0.2, 0) is 4.79 Å². The molecular formula is C12H18N2O2S. The fourth-order valence-electron chi connectivity index (χ4n) is 1.19. The van der Waals surface area contributed by atoms with Crippen molar-refractivity contribution in [3.63, 3.8) is 0 Å². The van der Waals surface area contributed by atoms with Crippen LogP contribution in [0.3, 0.4) is 0 Å². The SMILES string of the molecule is CNC(=O)CSCCCOc1ccccc1N. The van der Waals surface area contributed by atoms with E-state index in [1.165, 1.54) is 0 Å². The topological polar surface area (TPSA) is 64.3 Å². The van der Waals surface area contributed by atoms with Gasteiger partial charge in [0.1, 0.15) is 5.75 Å². The molecule has 1 aromatic rings. The maximum Gasteiger partial charge on any atom is 0.229 e. The summed E-state index contributed by atoms with van der Waals surface area (Å²) in [6.07, 6.45) is 0.899. The first-order chi connectivity index (χ1) is 8.24. The summed E-state index contributed by atoms with van der Waals surface area (Å²) in [6, 6.07) is 7.44. The maximum absolute atomic E-state index is 10.9. The normalized spacial score (nSPS) is 9.94. The maximum atomic E-state index is 10.9. The molecular weight excluding hydrogens is 236 g/mol. The number of benzene rings is 1. The molecule has 0 heterocycles. The van der Waals surface area contributed by atoms with Gasteiger partial charge >= 0.3 is 0 Å². The fourth-order valence-corrected chi connectivity index (χ4v) is 1.99. The highest BCUT2D eigenvalue weighted by Gasteiger charge is 1.99. The first kappa shape index (κ1) is 13.7. The summed E-state index contributed by atoms with van der Waals surface area (Å²) in [7, 11) is 1.64. The van der Waals surface area contributed by atoms with Crippen molar-refractivity contribution in [2.45, 2.75) is 6.42 Å². The Labute approximate surface area is 106 Å². The van der Waals surface area contributed by atoms with E-state index in [0.717, 1.165) is 17.9 Å². The quantitative estimate of drug-likeness (QED) is 0.572. The molecule has 0 saturated heterocycles. The molecule has 0 aromatic heterocycles. The lowest BCUT2D eigenvalue weighted by Crippen LogP contribution is -2.20. The number of para-hydroxylation sites is 2. The summed E-state index contributed by atoms with van der Waals surface area (Å²) in [5.74, 6) is 2.19. The fraction of sp³-hybridized carbons (Fsp3) is 0.417. The van der Waals surface area contributed by atoms with Gasteiger partial charge in [0.2, 0.25) is 5.91 Å². The molecule has 1 aromatic carbocycles. The van der Waals surface area contributed by atoms with Crippen molar-refractivity contribution in [3.05, 3.63) is 24.3 Å². The molecule has 0 aliphatic heterocycles. The predicted molar refractivity (Wildman–Crippen MR) is 72.4 cm³/mol. The van der Waals surface area contributed by atoms with Crippen molar-refractivity contribution in [1.29, 1.82) is 0 Å². The molecule has 0 saturated carbocycles. The van der Waals surface area contributed by atoms with Gasteiger partial charge in [-0.3, -0.25) is 4.79 Å². The smallest absolute Gasteiger partial charge is 0.229 e. The minimum atomic E-state index is 0.0585. The molecule has 1 rings (SSSR count). The molecule has 17 heavy (non-hydrogen) atoms. The number of carbonyl (C=O) groups excluding carboxylic acids is 1. The number of carbonyl (C=O) groups is 1. The zero-order chi connectivity index (χ0) is 12.5. The third kappa shape index (κ3) is 5.49. The lowest BCUT2D eigenvalue weighted by Gasteiger charge is -2.08. The minimum absolute atomic E-state index is 0.0585. The Kier molecular flexibility index (Phi) is 6.32. The largest absolute Gasteiger partial charge is 0.491 e. The van der Waals surface area contributed by atoms with Gasteiger partial charge in [0.05, 0.1) is 18.0 Å². The molecule has 0 aliphatic carbocycles. The minimum Gasteiger partial charge on any atom is -0.491 e. The summed E-state index contributed by atoms with van der Waals surface area (Å²) in [5.41, 5.74) is 6.39. The number of thioether (sulfide) groups is 1. The molecule has 4 nitrogen and oxygen atoms in total. The van der Waals surface area contributed by atoms with E-state index in [1.54, 1.807) is 18.8 Å². The third-order valence-electron chi connectivity index (χ3n) is 2.12. The molecule has 3 N–H and O–H groups in total. The van der Waals surface area contributed by atoms with Crippen LogP contribution in [0.4, 0.5) is 5.69 Å². The lowest BCUT2D eigenvalue weighted by atomic mass is 10.3. The molecule has 1 amide bonds. The average molecular weight is 254 g/mol. The van der Waals surface area contributed by atoms with Crippen molar-refractivity contribution in [2.75, 3.05) is 30.9 Å². The van der Waals surface area contributed by atoms with Crippen molar-refractivity contribution >= 4 is 23.4 Å². The number of amides is 1. The standard InChI is InChI=1S/C12H18N2O2S/c1-14-12(15)9-17-8-4-7-16-11-6-3-2-5-10(11)13/h2-3,5-6H,4,7-9,13H2,1H3,(H,14,15). The Morgan fingerprint density at radius 2 is 2.24 bits per heavy atom. The zero-order valence-corrected chi connectivity index (χ0v) is 10.8. The van der Waals surface area contributed by atoms with Crippen LogP contribution in [-0.4, -0.2) is 31.1 Å². The van der Waals surface area contributed by atoms with Gasteiger partial charge < -0.3 is 15.8 Å². The van der Waals surface area contributed by atoms with Crippen LogP contribution in [0, 0.1) is 0 Å². The molecule has 0 aliphatic rings. The number of nitrogen functional groups attached to an aromatic ring is 1. The number of ether oxygens (including phenoxy) is 1. The van der Waals surface area contributed by atoms with E-state index in [2.05, 4.69) is 5.32 Å². The number of rotatable bonds is 7. The summed E-state index contributed by atoms with van der Waals surface area (Å²) in [4.78, 5) is 10.9. The number of anilines is 1. The van der Waals surface area contributed by atoms with Crippen molar-refractivity contribution in [2.24, 2.45) is 0 Å². The second kappa shape index (κ2) is 7.84. The Morgan fingerprint density at radius 1 is 1.47 bits per heavy atom. The van der Waals surface area contributed by atoms with Crippen LogP contribution in [0.5, 0.6) is 5.75 Å². The molecule has 5 heteroatoms. The molecule has 0 spiro atoms. The predicted octanol–water partition coefficient (Wildman–Crippen LogP) is 1.52. The molecule has 0 radical (unpaired) electrons. The Bertz CT molecular complexity index is 358. The van der Waals surface area contributed by atoms with Crippen LogP contribution in [0.15, 0.2) is 24.3 Å². The van der Waals surface area contributed by atoms with Crippen molar-refractivity contribution < 1.29 is 9.53 Å². The lowest BCUT2D eigenvalue weighted by molar-refractivity contribution is -0.118. The third-order valence-corrected chi connectivity index (χ3v) is 3.17. The Balaban J connectivity index is 2.09. The summed E-state index contributed by atoms with van der Waals surface area (Å²) >= 11 is 1.60. The molecule has 0 fully saturated rings. The van der Waals surface area contributed by atoms with Crippen molar-refractivity contribution in [3.8, 4) is 5.75 Å². The average Bonchev–Trinajstić information content (AvgIpc) is 2.35. The Hall–Kier alpha value is -1.36. The van der Waals surface area contributed by atoms with E-state index in [9.17, 15) is 4.79 Å². The summed E-state index contributed by atoms with van der Waals surface area (Å²) < 4.78 is 5.53. The van der Waals surface area contributed by atoms with E-state index < -0.39 is 0 Å². The highest BCUT2D eigenvalue weighted by atomic mass is 32.2. The number of nitrogens with two attached hydrogens (primary N) is 1. The summed E-state index contributed by atoms with van der Waals surface area (Å²) in [6.45, 7) is 0.620.